The number of carbonyl (C=O) groups excluding carboxylic acids is 1. The van der Waals surface area contributed by atoms with Crippen molar-refractivity contribution in [2.75, 3.05) is 10.6 Å². The monoisotopic (exact) mass is 308 g/mol. The SMILES string of the molecule is O=C(Nc1ccc(S(=O)(=O)O)cc1)Nc1ccccc1O. The van der Waals surface area contributed by atoms with Gasteiger partial charge >= 0.3 is 6.03 Å². The first-order valence-corrected chi connectivity index (χ1v) is 7.24. The number of anilines is 2. The Bertz CT molecular complexity index is 756. The summed E-state index contributed by atoms with van der Waals surface area (Å²) in [6.07, 6.45) is 0. The predicted molar refractivity (Wildman–Crippen MR) is 77.0 cm³/mol. The van der Waals surface area contributed by atoms with Gasteiger partial charge in [0.15, 0.2) is 0 Å². The first-order chi connectivity index (χ1) is 9.86. The van der Waals surface area contributed by atoms with Gasteiger partial charge in [-0.3, -0.25) is 4.55 Å². The Labute approximate surface area is 121 Å². The van der Waals surface area contributed by atoms with E-state index < -0.39 is 16.1 Å². The second-order valence-electron chi connectivity index (χ2n) is 4.10. The van der Waals surface area contributed by atoms with Crippen molar-refractivity contribution < 1.29 is 22.9 Å². The number of phenols is 1. The molecule has 0 fully saturated rings. The van der Waals surface area contributed by atoms with Gasteiger partial charge in [0.2, 0.25) is 0 Å². The molecule has 0 aromatic heterocycles. The number of amides is 2. The zero-order valence-corrected chi connectivity index (χ0v) is 11.5. The molecule has 0 saturated carbocycles. The van der Waals surface area contributed by atoms with E-state index in [-0.39, 0.29) is 16.3 Å². The lowest BCUT2D eigenvalue weighted by Gasteiger charge is -2.09. The van der Waals surface area contributed by atoms with Crippen LogP contribution in [0.3, 0.4) is 0 Å². The summed E-state index contributed by atoms with van der Waals surface area (Å²) in [5.41, 5.74) is 0.569. The highest BCUT2D eigenvalue weighted by molar-refractivity contribution is 7.85. The van der Waals surface area contributed by atoms with E-state index in [1.165, 1.54) is 24.3 Å². The maximum absolute atomic E-state index is 11.7. The number of hydrogen-bond acceptors (Lipinski definition) is 4. The minimum absolute atomic E-state index is 0.0747. The molecule has 7 nitrogen and oxygen atoms in total. The van der Waals surface area contributed by atoms with Crippen molar-refractivity contribution >= 4 is 27.5 Å². The Morgan fingerprint density at radius 1 is 0.952 bits per heavy atom. The normalized spacial score (nSPS) is 10.9. The Balaban J connectivity index is 2.05. The third-order valence-corrected chi connectivity index (χ3v) is 3.43. The molecule has 0 atom stereocenters. The lowest BCUT2D eigenvalue weighted by atomic mass is 10.3. The number of hydrogen-bond donors (Lipinski definition) is 4. The van der Waals surface area contributed by atoms with Crippen LogP contribution in [0.15, 0.2) is 53.4 Å². The van der Waals surface area contributed by atoms with Gasteiger partial charge in [0.25, 0.3) is 10.1 Å². The summed E-state index contributed by atoms with van der Waals surface area (Å²) in [7, 11) is -4.26. The topological polar surface area (TPSA) is 116 Å². The number of urea groups is 1. The summed E-state index contributed by atoms with van der Waals surface area (Å²) in [5.74, 6) is -0.0747. The van der Waals surface area contributed by atoms with Crippen molar-refractivity contribution in [3.63, 3.8) is 0 Å². The number of carbonyl (C=O) groups is 1. The van der Waals surface area contributed by atoms with Crippen LogP contribution in [0.25, 0.3) is 0 Å². The Morgan fingerprint density at radius 2 is 1.57 bits per heavy atom. The summed E-state index contributed by atoms with van der Waals surface area (Å²) >= 11 is 0. The molecule has 0 heterocycles. The fourth-order valence-electron chi connectivity index (χ4n) is 1.57. The molecule has 0 saturated heterocycles. The number of phenolic OH excluding ortho intramolecular Hbond substituents is 1. The second-order valence-corrected chi connectivity index (χ2v) is 5.52. The molecule has 2 amide bonds. The average Bonchev–Trinajstić information content (AvgIpc) is 2.41. The van der Waals surface area contributed by atoms with Crippen LogP contribution in [0.2, 0.25) is 0 Å². The average molecular weight is 308 g/mol. The molecule has 4 N–H and O–H groups in total. The molecule has 0 aliphatic carbocycles. The van der Waals surface area contributed by atoms with Gasteiger partial charge in [-0.25, -0.2) is 4.79 Å². The largest absolute Gasteiger partial charge is 0.506 e. The van der Waals surface area contributed by atoms with Crippen LogP contribution in [0.4, 0.5) is 16.2 Å². The summed E-state index contributed by atoms with van der Waals surface area (Å²) in [4.78, 5) is 11.4. The maximum Gasteiger partial charge on any atom is 0.323 e. The molecule has 0 unspecified atom stereocenters. The molecular weight excluding hydrogens is 296 g/mol. The van der Waals surface area contributed by atoms with Crippen molar-refractivity contribution in [1.82, 2.24) is 0 Å². The van der Waals surface area contributed by atoms with Crippen LogP contribution in [0.1, 0.15) is 0 Å². The number of benzene rings is 2. The summed E-state index contributed by atoms with van der Waals surface area (Å²) in [5, 5.41) is 14.4. The zero-order valence-electron chi connectivity index (χ0n) is 10.6. The highest BCUT2D eigenvalue weighted by Crippen LogP contribution is 2.21. The van der Waals surface area contributed by atoms with Gasteiger partial charge in [-0.1, -0.05) is 12.1 Å². The van der Waals surface area contributed by atoms with Crippen LogP contribution >= 0.6 is 0 Å². The molecule has 2 aromatic rings. The van der Waals surface area contributed by atoms with Crippen LogP contribution < -0.4 is 10.6 Å². The van der Waals surface area contributed by atoms with Crippen molar-refractivity contribution in [3.05, 3.63) is 48.5 Å². The highest BCUT2D eigenvalue weighted by atomic mass is 32.2. The van der Waals surface area contributed by atoms with Gasteiger partial charge in [-0.15, -0.1) is 0 Å². The first kappa shape index (κ1) is 14.8. The van der Waals surface area contributed by atoms with Gasteiger partial charge in [-0.2, -0.15) is 8.42 Å². The van der Waals surface area contributed by atoms with E-state index in [2.05, 4.69) is 10.6 Å². The third-order valence-electron chi connectivity index (χ3n) is 2.56. The molecule has 110 valence electrons. The van der Waals surface area contributed by atoms with Gasteiger partial charge < -0.3 is 15.7 Å². The lowest BCUT2D eigenvalue weighted by Crippen LogP contribution is -2.19. The quantitative estimate of drug-likeness (QED) is 0.513. The summed E-state index contributed by atoms with van der Waals surface area (Å²) < 4.78 is 30.6. The molecule has 0 radical (unpaired) electrons. The van der Waals surface area contributed by atoms with E-state index >= 15 is 0 Å². The standard InChI is InChI=1S/C13H12N2O5S/c16-12-4-2-1-3-11(12)15-13(17)14-9-5-7-10(8-6-9)21(18,19)20/h1-8,16H,(H2,14,15,17)(H,18,19,20). The maximum atomic E-state index is 11.7. The summed E-state index contributed by atoms with van der Waals surface area (Å²) in [6, 6.07) is 10.6. The zero-order chi connectivity index (χ0) is 15.5. The molecule has 0 aliphatic heterocycles. The number of rotatable bonds is 3. The molecule has 0 aliphatic rings. The van der Waals surface area contributed by atoms with E-state index in [0.717, 1.165) is 12.1 Å². The number of nitrogens with one attached hydrogen (secondary N) is 2. The second kappa shape index (κ2) is 5.81. The fourth-order valence-corrected chi connectivity index (χ4v) is 2.05. The molecule has 0 spiro atoms. The molecule has 21 heavy (non-hydrogen) atoms. The predicted octanol–water partition coefficient (Wildman–Crippen LogP) is 2.28. The first-order valence-electron chi connectivity index (χ1n) is 5.80. The molecule has 8 heteroatoms. The van der Waals surface area contributed by atoms with Gasteiger partial charge in [0.05, 0.1) is 10.6 Å². The number of aromatic hydroxyl groups is 1. The molecule has 2 rings (SSSR count). The summed E-state index contributed by atoms with van der Waals surface area (Å²) in [6.45, 7) is 0. The van der Waals surface area contributed by atoms with Crippen molar-refractivity contribution in [2.45, 2.75) is 4.90 Å². The lowest BCUT2D eigenvalue weighted by molar-refractivity contribution is 0.262. The van der Waals surface area contributed by atoms with Crippen molar-refractivity contribution in [3.8, 4) is 5.75 Å². The van der Waals surface area contributed by atoms with E-state index in [4.69, 9.17) is 4.55 Å². The minimum atomic E-state index is -4.26. The Hall–Kier alpha value is -2.58. The van der Waals surface area contributed by atoms with Crippen LogP contribution in [0, 0.1) is 0 Å². The fraction of sp³-hybridized carbons (Fsp3) is 0. The van der Waals surface area contributed by atoms with Crippen LogP contribution in [-0.4, -0.2) is 24.1 Å². The smallest absolute Gasteiger partial charge is 0.323 e. The van der Waals surface area contributed by atoms with Gasteiger partial charge in [-0.05, 0) is 36.4 Å². The Morgan fingerprint density at radius 3 is 2.14 bits per heavy atom. The number of para-hydroxylation sites is 2. The third kappa shape index (κ3) is 3.94. The van der Waals surface area contributed by atoms with Crippen molar-refractivity contribution in [1.29, 1.82) is 0 Å². The molecule has 0 bridgehead atoms. The van der Waals surface area contributed by atoms with E-state index in [1.54, 1.807) is 12.1 Å². The van der Waals surface area contributed by atoms with Crippen LogP contribution in [0.5, 0.6) is 5.75 Å². The van der Waals surface area contributed by atoms with Gasteiger partial charge in [0.1, 0.15) is 5.75 Å². The molecular formula is C13H12N2O5S. The van der Waals surface area contributed by atoms with Gasteiger partial charge in [0, 0.05) is 5.69 Å². The van der Waals surface area contributed by atoms with E-state index in [9.17, 15) is 18.3 Å². The highest BCUT2D eigenvalue weighted by Gasteiger charge is 2.10. The minimum Gasteiger partial charge on any atom is -0.506 e. The molecule has 2 aromatic carbocycles. The van der Waals surface area contributed by atoms with E-state index in [1.807, 2.05) is 0 Å². The van der Waals surface area contributed by atoms with E-state index in [0.29, 0.717) is 5.69 Å². The Kier molecular flexibility index (Phi) is 4.10. The van der Waals surface area contributed by atoms with Crippen molar-refractivity contribution in [2.24, 2.45) is 0 Å². The van der Waals surface area contributed by atoms with Crippen LogP contribution in [-0.2, 0) is 10.1 Å².